The number of nitrogens with two attached hydrogens (primary N) is 1. The highest BCUT2D eigenvalue weighted by molar-refractivity contribution is 5.99. The summed E-state index contributed by atoms with van der Waals surface area (Å²) in [4.78, 5) is 25.8. The van der Waals surface area contributed by atoms with Crippen molar-refractivity contribution in [3.05, 3.63) is 11.4 Å². The molecule has 3 N–H and O–H groups in total. The van der Waals surface area contributed by atoms with Gasteiger partial charge in [-0.2, -0.15) is 5.10 Å². The highest BCUT2D eigenvalue weighted by Gasteiger charge is 2.37. The molecule has 0 bridgehead atoms. The molecule has 0 saturated carbocycles. The molecule has 2 rings (SSSR count). The van der Waals surface area contributed by atoms with Gasteiger partial charge >= 0.3 is 5.97 Å². The molecule has 2 heterocycles. The van der Waals surface area contributed by atoms with Crippen molar-refractivity contribution >= 4 is 17.6 Å². The van der Waals surface area contributed by atoms with Gasteiger partial charge in [-0.05, 0) is 26.2 Å². The summed E-state index contributed by atoms with van der Waals surface area (Å²) in [5.41, 5.74) is 7.20. The van der Waals surface area contributed by atoms with Crippen molar-refractivity contribution in [1.82, 2.24) is 15.1 Å². The van der Waals surface area contributed by atoms with Gasteiger partial charge in [0.05, 0.1) is 18.0 Å². The second kappa shape index (κ2) is 5.94. The lowest BCUT2D eigenvalue weighted by Gasteiger charge is -2.22. The fourth-order valence-corrected chi connectivity index (χ4v) is 2.45. The van der Waals surface area contributed by atoms with Gasteiger partial charge in [0, 0.05) is 6.54 Å². The van der Waals surface area contributed by atoms with Crippen molar-refractivity contribution in [2.45, 2.75) is 39.2 Å². The quantitative estimate of drug-likeness (QED) is 0.791. The summed E-state index contributed by atoms with van der Waals surface area (Å²) in [7, 11) is 0. The van der Waals surface area contributed by atoms with Gasteiger partial charge in [-0.15, -0.1) is 0 Å². The van der Waals surface area contributed by atoms with E-state index in [1.54, 1.807) is 6.92 Å². The molecule has 7 nitrogen and oxygen atoms in total. The largest absolute Gasteiger partial charge is 0.464 e. The maximum atomic E-state index is 12.5. The van der Waals surface area contributed by atoms with Crippen molar-refractivity contribution in [1.29, 1.82) is 0 Å². The number of hydrogen-bond donors (Lipinski definition) is 2. The minimum absolute atomic E-state index is 0.193. The zero-order valence-electron chi connectivity index (χ0n) is 11.8. The van der Waals surface area contributed by atoms with Crippen LogP contribution in [0.4, 0.5) is 5.69 Å². The van der Waals surface area contributed by atoms with Gasteiger partial charge in [-0.1, -0.05) is 6.92 Å². The van der Waals surface area contributed by atoms with Gasteiger partial charge in [0.25, 0.3) is 5.91 Å². The first-order valence-electron chi connectivity index (χ1n) is 6.90. The van der Waals surface area contributed by atoms with E-state index in [1.165, 1.54) is 4.90 Å². The predicted octanol–water partition coefficient (Wildman–Crippen LogP) is 0.722. The predicted molar refractivity (Wildman–Crippen MR) is 73.1 cm³/mol. The zero-order chi connectivity index (χ0) is 14.7. The van der Waals surface area contributed by atoms with Crippen LogP contribution in [0.15, 0.2) is 0 Å². The second-order valence-corrected chi connectivity index (χ2v) is 4.73. The van der Waals surface area contributed by atoms with E-state index in [1.807, 2.05) is 6.92 Å². The number of carbonyl (C=O) groups excluding carboxylic acids is 2. The number of nitrogen functional groups attached to an aromatic ring is 1. The van der Waals surface area contributed by atoms with E-state index in [2.05, 4.69) is 10.2 Å². The molecule has 7 heteroatoms. The van der Waals surface area contributed by atoms with Crippen LogP contribution in [0.5, 0.6) is 0 Å². The third kappa shape index (κ3) is 2.48. The summed E-state index contributed by atoms with van der Waals surface area (Å²) >= 11 is 0. The molecule has 0 aromatic carbocycles. The van der Waals surface area contributed by atoms with Crippen LogP contribution in [-0.2, 0) is 16.0 Å². The van der Waals surface area contributed by atoms with Crippen molar-refractivity contribution in [3.8, 4) is 0 Å². The number of aromatic amines is 1. The Kier molecular flexibility index (Phi) is 4.26. The molecule has 1 aliphatic heterocycles. The number of rotatable bonds is 4. The van der Waals surface area contributed by atoms with Crippen LogP contribution < -0.4 is 5.73 Å². The molecular weight excluding hydrogens is 260 g/mol. The van der Waals surface area contributed by atoms with E-state index in [-0.39, 0.29) is 17.6 Å². The Labute approximate surface area is 117 Å². The van der Waals surface area contributed by atoms with Crippen molar-refractivity contribution < 1.29 is 14.3 Å². The van der Waals surface area contributed by atoms with Gasteiger partial charge in [0.1, 0.15) is 6.04 Å². The first-order chi connectivity index (χ1) is 9.60. The standard InChI is InChI=1S/C13H20N4O3/c1-3-8-10(14)11(16-15-8)12(18)17-7-5-6-9(17)13(19)20-4-2/h9H,3-7,14H2,1-2H3,(H,15,16). The smallest absolute Gasteiger partial charge is 0.328 e. The first-order valence-corrected chi connectivity index (χ1v) is 6.90. The van der Waals surface area contributed by atoms with Gasteiger partial charge in [0.15, 0.2) is 5.69 Å². The number of nitrogens with one attached hydrogen (secondary N) is 1. The molecule has 110 valence electrons. The summed E-state index contributed by atoms with van der Waals surface area (Å²) < 4.78 is 5.01. The molecule has 1 unspecified atom stereocenters. The maximum absolute atomic E-state index is 12.5. The van der Waals surface area contributed by atoms with E-state index in [9.17, 15) is 9.59 Å². The number of H-pyrrole nitrogens is 1. The number of esters is 1. The third-order valence-electron chi connectivity index (χ3n) is 3.51. The van der Waals surface area contributed by atoms with Gasteiger partial charge in [0.2, 0.25) is 0 Å². The van der Waals surface area contributed by atoms with E-state index >= 15 is 0 Å². The molecule has 0 aliphatic carbocycles. The number of nitrogens with zero attached hydrogens (tertiary/aromatic N) is 2. The first kappa shape index (κ1) is 14.4. The zero-order valence-corrected chi connectivity index (χ0v) is 11.8. The van der Waals surface area contributed by atoms with Crippen LogP contribution in [0, 0.1) is 0 Å². The molecule has 1 atom stereocenters. The summed E-state index contributed by atoms with van der Waals surface area (Å²) in [5.74, 6) is -0.669. The third-order valence-corrected chi connectivity index (χ3v) is 3.51. The maximum Gasteiger partial charge on any atom is 0.328 e. The Morgan fingerprint density at radius 3 is 2.85 bits per heavy atom. The summed E-state index contributed by atoms with van der Waals surface area (Å²) in [6.45, 7) is 4.51. The average molecular weight is 280 g/mol. The summed E-state index contributed by atoms with van der Waals surface area (Å²) in [5, 5.41) is 6.74. The number of anilines is 1. The number of aryl methyl sites for hydroxylation is 1. The van der Waals surface area contributed by atoms with Crippen LogP contribution in [-0.4, -0.2) is 46.2 Å². The normalized spacial score (nSPS) is 18.3. The van der Waals surface area contributed by atoms with Crippen LogP contribution in [0.3, 0.4) is 0 Å². The van der Waals surface area contributed by atoms with E-state index in [0.717, 1.165) is 12.1 Å². The number of likely N-dealkylation sites (tertiary alicyclic amines) is 1. The number of amides is 1. The summed E-state index contributed by atoms with van der Waals surface area (Å²) in [6, 6.07) is -0.524. The Morgan fingerprint density at radius 2 is 2.25 bits per heavy atom. The number of aromatic nitrogens is 2. The lowest BCUT2D eigenvalue weighted by atomic mass is 10.2. The molecule has 0 spiro atoms. The van der Waals surface area contributed by atoms with E-state index in [4.69, 9.17) is 10.5 Å². The fraction of sp³-hybridized carbons (Fsp3) is 0.615. The van der Waals surface area contributed by atoms with Gasteiger partial charge < -0.3 is 15.4 Å². The van der Waals surface area contributed by atoms with Crippen molar-refractivity contribution in [3.63, 3.8) is 0 Å². The molecule has 1 aromatic rings. The van der Waals surface area contributed by atoms with Crippen molar-refractivity contribution in [2.75, 3.05) is 18.9 Å². The minimum atomic E-state index is -0.524. The van der Waals surface area contributed by atoms with Crippen LogP contribution >= 0.6 is 0 Å². The molecule has 1 saturated heterocycles. The minimum Gasteiger partial charge on any atom is -0.464 e. The van der Waals surface area contributed by atoms with Crippen molar-refractivity contribution in [2.24, 2.45) is 0 Å². The molecule has 1 amide bonds. The number of hydrogen-bond acceptors (Lipinski definition) is 5. The Morgan fingerprint density at radius 1 is 1.50 bits per heavy atom. The fourth-order valence-electron chi connectivity index (χ4n) is 2.45. The topological polar surface area (TPSA) is 101 Å². The Hall–Kier alpha value is -2.05. The lowest BCUT2D eigenvalue weighted by Crippen LogP contribution is -2.41. The van der Waals surface area contributed by atoms with Crippen LogP contribution in [0.2, 0.25) is 0 Å². The van der Waals surface area contributed by atoms with Gasteiger partial charge in [-0.3, -0.25) is 9.89 Å². The summed E-state index contributed by atoms with van der Waals surface area (Å²) in [6.07, 6.45) is 2.07. The molecule has 1 fully saturated rings. The lowest BCUT2D eigenvalue weighted by molar-refractivity contribution is -0.147. The van der Waals surface area contributed by atoms with E-state index < -0.39 is 6.04 Å². The van der Waals surface area contributed by atoms with Gasteiger partial charge in [-0.25, -0.2) is 4.79 Å². The Bertz CT molecular complexity index is 512. The number of ether oxygens (including phenoxy) is 1. The Balaban J connectivity index is 2.19. The number of carbonyl (C=O) groups is 2. The average Bonchev–Trinajstić information content (AvgIpc) is 3.04. The molecule has 20 heavy (non-hydrogen) atoms. The molecule has 1 aromatic heterocycles. The molecule has 0 radical (unpaired) electrons. The van der Waals surface area contributed by atoms with E-state index in [0.29, 0.717) is 31.7 Å². The highest BCUT2D eigenvalue weighted by atomic mass is 16.5. The van der Waals surface area contributed by atoms with Crippen LogP contribution in [0.1, 0.15) is 42.9 Å². The van der Waals surface area contributed by atoms with Crippen LogP contribution in [0.25, 0.3) is 0 Å². The molecule has 1 aliphatic rings. The monoisotopic (exact) mass is 280 g/mol. The SMILES string of the molecule is CCOC(=O)C1CCCN1C(=O)c1n[nH]c(CC)c1N. The molecular formula is C13H20N4O3. The highest BCUT2D eigenvalue weighted by Crippen LogP contribution is 2.24. The second-order valence-electron chi connectivity index (χ2n) is 4.73.